The normalized spacial score (nSPS) is 24.8. The lowest BCUT2D eigenvalue weighted by Crippen LogP contribution is -2.45. The SMILES string of the molecule is CNCOc1c2cc(c3c1O[C@H](O)[C@@H]([C@@H]1CN=C(N)N[C@H](C(C)C)CSSC1)C3)CC[C@@H](O)CC(=O)CCc1ccc(O)c(OC)c1C#CC2. The molecule has 5 rings (SSSR count). The minimum absolute atomic E-state index is 0.0250. The Morgan fingerprint density at radius 1 is 1.12 bits per heavy atom. The predicted molar refractivity (Wildman–Crippen MR) is 199 cm³/mol. The highest BCUT2D eigenvalue weighted by Crippen LogP contribution is 2.46. The number of Topliss-reactive ketones (excluding diaryl/α,β-unsaturated/α-hetero) is 1. The van der Waals surface area contributed by atoms with E-state index in [2.05, 4.69) is 42.4 Å². The number of aliphatic hydroxyl groups is 2. The number of carbonyl (C=O) groups is 1. The molecule has 2 aromatic carbocycles. The van der Waals surface area contributed by atoms with E-state index in [4.69, 9.17) is 24.9 Å². The van der Waals surface area contributed by atoms with E-state index < -0.39 is 12.4 Å². The molecule has 0 aromatic heterocycles. The fraction of sp³-hybridized carbons (Fsp3) is 0.568. The summed E-state index contributed by atoms with van der Waals surface area (Å²) < 4.78 is 18.1. The third kappa shape index (κ3) is 9.33. The Hall–Kier alpha value is -3.28. The fourth-order valence-electron chi connectivity index (χ4n) is 6.62. The van der Waals surface area contributed by atoms with Crippen LogP contribution in [0.2, 0.25) is 0 Å². The molecule has 2 bridgehead atoms. The van der Waals surface area contributed by atoms with Crippen molar-refractivity contribution in [2.45, 2.75) is 77.2 Å². The molecule has 0 radical (unpaired) electrons. The maximum Gasteiger partial charge on any atom is 0.201 e. The lowest BCUT2D eigenvalue weighted by atomic mass is 9.81. The van der Waals surface area contributed by atoms with Gasteiger partial charge in [0.1, 0.15) is 12.5 Å². The number of aliphatic imine (C=N–C) groups is 1. The number of fused-ring (bicyclic) bond motifs is 5. The number of nitrogens with two attached hydrogens (primary N) is 1. The number of carbonyl (C=O) groups excluding carboxylic acids is 1. The van der Waals surface area contributed by atoms with E-state index in [0.717, 1.165) is 33.8 Å². The number of hydrogen-bond acceptors (Lipinski definition) is 13. The highest BCUT2D eigenvalue weighted by atomic mass is 33.1. The van der Waals surface area contributed by atoms with Gasteiger partial charge in [0.2, 0.25) is 6.29 Å². The predicted octanol–water partition coefficient (Wildman–Crippen LogP) is 3.56. The van der Waals surface area contributed by atoms with E-state index in [0.29, 0.717) is 61.2 Å². The molecule has 272 valence electrons. The molecular weight excluding hydrogens is 677 g/mol. The molecule has 1 aliphatic carbocycles. The van der Waals surface area contributed by atoms with Crippen LogP contribution in [0.3, 0.4) is 0 Å². The van der Waals surface area contributed by atoms with Gasteiger partial charge in [-0.3, -0.25) is 15.1 Å². The van der Waals surface area contributed by atoms with Crippen molar-refractivity contribution in [3.8, 4) is 34.8 Å². The van der Waals surface area contributed by atoms with Gasteiger partial charge in [0.05, 0.1) is 18.8 Å². The molecule has 5 atom stereocenters. The number of aromatic hydroxyl groups is 1. The molecular formula is C37H50N4O7S2. The number of ketones is 1. The van der Waals surface area contributed by atoms with Gasteiger partial charge < -0.3 is 40.6 Å². The summed E-state index contributed by atoms with van der Waals surface area (Å²) in [7, 11) is 6.83. The van der Waals surface area contributed by atoms with Gasteiger partial charge in [0.25, 0.3) is 0 Å². The number of rotatable bonds is 6. The Morgan fingerprint density at radius 2 is 1.92 bits per heavy atom. The number of guanidine groups is 1. The topological polar surface area (TPSA) is 168 Å². The fourth-order valence-corrected chi connectivity index (χ4v) is 9.49. The molecule has 0 unspecified atom stereocenters. The standard InChI is InChI=1S/C37H50N4O7S2/c1-21(2)31-19-50-49-18-25(17-40-37(38)41-31)30-16-29-23-9-12-27(43)15-26(42)11-8-22-10-13-32(44)34(46-4)28(22)7-5-6-24(14-23)33(47-20-39-3)35(29)48-36(30)45/h10,13-14,21,25,27,30-31,36,39,43-45H,6,8-9,11-12,15-20H2,1-4H3,(H3,38,40,41)/t25-,27-,30-,31+,36+/m1/s1. The minimum Gasteiger partial charge on any atom is -0.504 e. The van der Waals surface area contributed by atoms with Crippen LogP contribution < -0.4 is 30.6 Å². The molecule has 2 aromatic rings. The van der Waals surface area contributed by atoms with Crippen molar-refractivity contribution in [3.05, 3.63) is 46.0 Å². The smallest absolute Gasteiger partial charge is 0.201 e. The zero-order valence-electron chi connectivity index (χ0n) is 29.3. The number of hydrogen-bond donors (Lipinski definition) is 6. The van der Waals surface area contributed by atoms with Gasteiger partial charge in [-0.15, -0.1) is 0 Å². The summed E-state index contributed by atoms with van der Waals surface area (Å²) in [5, 5.41) is 39.5. The summed E-state index contributed by atoms with van der Waals surface area (Å²) >= 11 is 0. The average molecular weight is 727 g/mol. The first kappa shape index (κ1) is 38.0. The van der Waals surface area contributed by atoms with Gasteiger partial charge >= 0.3 is 0 Å². The van der Waals surface area contributed by atoms with E-state index in [-0.39, 0.29) is 61.2 Å². The molecule has 0 spiro atoms. The summed E-state index contributed by atoms with van der Waals surface area (Å²) in [4.78, 5) is 17.7. The maximum absolute atomic E-state index is 13.0. The zero-order valence-corrected chi connectivity index (χ0v) is 30.9. The second-order valence-corrected chi connectivity index (χ2v) is 16.0. The van der Waals surface area contributed by atoms with Gasteiger partial charge in [-0.05, 0) is 61.8 Å². The first-order valence-corrected chi connectivity index (χ1v) is 19.8. The summed E-state index contributed by atoms with van der Waals surface area (Å²) in [5.74, 6) is 9.72. The Balaban J connectivity index is 1.55. The Kier molecular flexibility index (Phi) is 13.5. The second kappa shape index (κ2) is 17.8. The number of methoxy groups -OCH3 is 1. The van der Waals surface area contributed by atoms with E-state index >= 15 is 0 Å². The van der Waals surface area contributed by atoms with Crippen LogP contribution in [0.15, 0.2) is 23.2 Å². The Labute approximate surface area is 302 Å². The number of benzene rings is 2. The molecule has 0 saturated carbocycles. The third-order valence-electron chi connectivity index (χ3n) is 9.57. The largest absolute Gasteiger partial charge is 0.504 e. The number of aliphatic hydroxyl groups excluding tert-OH is 2. The molecule has 0 saturated heterocycles. The van der Waals surface area contributed by atoms with Crippen LogP contribution in [0.5, 0.6) is 23.0 Å². The first-order chi connectivity index (χ1) is 24.1. The van der Waals surface area contributed by atoms with Crippen LogP contribution >= 0.6 is 21.6 Å². The zero-order chi connectivity index (χ0) is 35.8. The average Bonchev–Trinajstić information content (AvgIpc) is 3.08. The van der Waals surface area contributed by atoms with Crippen molar-refractivity contribution in [2.24, 2.45) is 28.5 Å². The van der Waals surface area contributed by atoms with Gasteiger partial charge in [0, 0.05) is 60.4 Å². The quantitative estimate of drug-likeness (QED) is 0.146. The van der Waals surface area contributed by atoms with E-state index in [1.54, 1.807) is 40.8 Å². The monoisotopic (exact) mass is 726 g/mol. The molecule has 7 N–H and O–H groups in total. The van der Waals surface area contributed by atoms with Crippen molar-refractivity contribution in [1.82, 2.24) is 10.6 Å². The first-order valence-electron chi connectivity index (χ1n) is 17.3. The number of ether oxygens (including phenoxy) is 3. The van der Waals surface area contributed by atoms with Crippen LogP contribution in [0.25, 0.3) is 0 Å². The molecule has 3 aliphatic rings. The van der Waals surface area contributed by atoms with Crippen molar-refractivity contribution in [1.29, 1.82) is 0 Å². The van der Waals surface area contributed by atoms with Gasteiger partial charge in [-0.1, -0.05) is 59.4 Å². The van der Waals surface area contributed by atoms with Crippen molar-refractivity contribution in [2.75, 3.05) is 38.9 Å². The Morgan fingerprint density at radius 3 is 2.68 bits per heavy atom. The van der Waals surface area contributed by atoms with E-state index in [1.165, 1.54) is 7.11 Å². The molecule has 11 nitrogen and oxygen atoms in total. The van der Waals surface area contributed by atoms with Crippen LogP contribution in [-0.4, -0.2) is 84.4 Å². The lowest BCUT2D eigenvalue weighted by molar-refractivity contribution is -0.121. The van der Waals surface area contributed by atoms with Crippen molar-refractivity contribution < 1.29 is 34.3 Å². The molecule has 13 heteroatoms. The lowest BCUT2D eigenvalue weighted by Gasteiger charge is -2.37. The van der Waals surface area contributed by atoms with Crippen molar-refractivity contribution in [3.63, 3.8) is 0 Å². The summed E-state index contributed by atoms with van der Waals surface area (Å²) in [6, 6.07) is 5.56. The second-order valence-electron chi connectivity index (χ2n) is 13.5. The van der Waals surface area contributed by atoms with Crippen LogP contribution in [0.4, 0.5) is 0 Å². The summed E-state index contributed by atoms with van der Waals surface area (Å²) in [6.07, 6.45) is 0.399. The number of aryl methyl sites for hydroxylation is 2. The molecule has 50 heavy (non-hydrogen) atoms. The molecule has 2 aliphatic heterocycles. The number of nitrogens with zero attached hydrogens (tertiary/aromatic N) is 1. The van der Waals surface area contributed by atoms with Crippen LogP contribution in [0.1, 0.15) is 60.9 Å². The maximum atomic E-state index is 13.0. The van der Waals surface area contributed by atoms with Crippen molar-refractivity contribution >= 4 is 33.3 Å². The van der Waals surface area contributed by atoms with E-state index in [1.807, 2.05) is 0 Å². The van der Waals surface area contributed by atoms with E-state index in [9.17, 15) is 20.1 Å². The van der Waals surface area contributed by atoms with Gasteiger partial charge in [-0.25, -0.2) is 0 Å². The summed E-state index contributed by atoms with van der Waals surface area (Å²) in [5.41, 5.74) is 10.2. The Bertz CT molecular complexity index is 1610. The summed E-state index contributed by atoms with van der Waals surface area (Å²) in [6.45, 7) is 4.97. The molecule has 0 amide bonds. The van der Waals surface area contributed by atoms with Gasteiger partial charge in [-0.2, -0.15) is 0 Å². The molecule has 2 heterocycles. The third-order valence-corrected chi connectivity index (χ3v) is 12.1. The highest BCUT2D eigenvalue weighted by Gasteiger charge is 2.38. The number of phenols is 1. The van der Waals surface area contributed by atoms with Crippen LogP contribution in [-0.2, 0) is 30.5 Å². The number of phenolic OH excluding ortho intramolecular Hbond substituents is 1. The molecule has 0 fully saturated rings. The minimum atomic E-state index is -1.11. The van der Waals surface area contributed by atoms with Gasteiger partial charge in [0.15, 0.2) is 29.0 Å². The van der Waals surface area contributed by atoms with Crippen LogP contribution in [0, 0.1) is 29.6 Å². The number of nitrogens with one attached hydrogen (secondary N) is 2. The highest BCUT2D eigenvalue weighted by molar-refractivity contribution is 8.76.